The van der Waals surface area contributed by atoms with E-state index in [9.17, 15) is 0 Å². The molecule has 2 atom stereocenters. The van der Waals surface area contributed by atoms with Gasteiger partial charge < -0.3 is 9.73 Å². The molecule has 3 aromatic heterocycles. The minimum atomic E-state index is 0.426. The molecule has 0 radical (unpaired) electrons. The van der Waals surface area contributed by atoms with Crippen LogP contribution in [-0.4, -0.2) is 36.1 Å². The highest BCUT2D eigenvalue weighted by molar-refractivity contribution is 5.43. The summed E-state index contributed by atoms with van der Waals surface area (Å²) in [6, 6.07) is 4.28. The van der Waals surface area contributed by atoms with Crippen molar-refractivity contribution < 1.29 is 4.42 Å². The number of aromatic nitrogens is 6. The smallest absolute Gasteiger partial charge is 0.216 e. The predicted octanol–water partition coefficient (Wildman–Crippen LogP) is 1.64. The molecule has 4 rings (SSSR count). The van der Waals surface area contributed by atoms with Crippen molar-refractivity contribution in [1.82, 2.24) is 30.0 Å². The van der Waals surface area contributed by atoms with Crippen LogP contribution in [-0.2, 0) is 6.42 Å². The van der Waals surface area contributed by atoms with Gasteiger partial charge in [0.2, 0.25) is 11.8 Å². The van der Waals surface area contributed by atoms with Gasteiger partial charge in [-0.05, 0) is 37.3 Å². The molecule has 0 saturated heterocycles. The quantitative estimate of drug-likeness (QED) is 0.782. The molecule has 0 aliphatic heterocycles. The number of anilines is 1. The minimum Gasteiger partial charge on any atom is -0.426 e. The molecule has 3 heterocycles. The van der Waals surface area contributed by atoms with Crippen molar-refractivity contribution in [2.45, 2.75) is 38.6 Å². The van der Waals surface area contributed by atoms with Gasteiger partial charge in [-0.2, -0.15) is 4.52 Å². The van der Waals surface area contributed by atoms with Crippen LogP contribution in [0.15, 0.2) is 22.9 Å². The van der Waals surface area contributed by atoms with Crippen molar-refractivity contribution in [2.75, 3.05) is 5.32 Å². The van der Waals surface area contributed by atoms with Gasteiger partial charge in [0.15, 0.2) is 5.65 Å². The highest BCUT2D eigenvalue weighted by atomic mass is 16.4. The van der Waals surface area contributed by atoms with E-state index in [-0.39, 0.29) is 0 Å². The molecule has 8 nitrogen and oxygen atoms in total. The number of rotatable bonds is 4. The van der Waals surface area contributed by atoms with E-state index in [0.29, 0.717) is 17.9 Å². The Balaban J connectivity index is 1.38. The Bertz CT molecular complexity index is 780. The average Bonchev–Trinajstić information content (AvgIpc) is 3.21. The third-order valence-electron chi connectivity index (χ3n) is 4.09. The zero-order valence-electron chi connectivity index (χ0n) is 12.3. The van der Waals surface area contributed by atoms with E-state index in [0.717, 1.165) is 43.0 Å². The fraction of sp³-hybridized carbons (Fsp3) is 0.500. The van der Waals surface area contributed by atoms with Crippen LogP contribution in [0.2, 0.25) is 0 Å². The average molecular weight is 299 g/mol. The first-order chi connectivity index (χ1) is 10.8. The summed E-state index contributed by atoms with van der Waals surface area (Å²) < 4.78 is 7.14. The van der Waals surface area contributed by atoms with E-state index >= 15 is 0 Å². The molecule has 0 amide bonds. The molecule has 114 valence electrons. The topological polar surface area (TPSA) is 94.0 Å². The summed E-state index contributed by atoms with van der Waals surface area (Å²) in [6.45, 7) is 1.82. The zero-order valence-corrected chi connectivity index (χ0v) is 12.3. The first kappa shape index (κ1) is 13.2. The monoisotopic (exact) mass is 299 g/mol. The van der Waals surface area contributed by atoms with E-state index in [1.165, 1.54) is 0 Å². The Kier molecular flexibility index (Phi) is 3.21. The molecule has 8 heteroatoms. The Morgan fingerprint density at radius 2 is 2.23 bits per heavy atom. The lowest BCUT2D eigenvalue weighted by Crippen LogP contribution is -2.17. The third-order valence-corrected chi connectivity index (χ3v) is 4.09. The maximum Gasteiger partial charge on any atom is 0.216 e. The van der Waals surface area contributed by atoms with Crippen molar-refractivity contribution in [1.29, 1.82) is 0 Å². The summed E-state index contributed by atoms with van der Waals surface area (Å²) in [5.74, 6) is 2.81. The standard InChI is InChI=1S/C14H17N7O/c1-9-17-19-14(22-9)7-10-2-3-11(6-10)16-12-4-5-13-18-15-8-21(13)20-12/h4-5,8,10-11H,2-3,6-7H2,1H3,(H,16,20)/t10-,11+/m1/s1. The van der Waals surface area contributed by atoms with Crippen molar-refractivity contribution in [3.63, 3.8) is 0 Å². The number of fused-ring (bicyclic) bond motifs is 1. The molecule has 1 aliphatic rings. The summed E-state index contributed by atoms with van der Waals surface area (Å²) in [4.78, 5) is 0. The van der Waals surface area contributed by atoms with Crippen LogP contribution in [0.5, 0.6) is 0 Å². The third kappa shape index (κ3) is 2.63. The van der Waals surface area contributed by atoms with E-state index in [2.05, 4.69) is 30.8 Å². The zero-order chi connectivity index (χ0) is 14.9. The van der Waals surface area contributed by atoms with E-state index in [1.54, 1.807) is 10.8 Å². The van der Waals surface area contributed by atoms with Crippen molar-refractivity contribution in [3.05, 3.63) is 30.2 Å². The van der Waals surface area contributed by atoms with Crippen LogP contribution in [0.4, 0.5) is 5.82 Å². The van der Waals surface area contributed by atoms with Gasteiger partial charge in [0.1, 0.15) is 12.1 Å². The maximum atomic E-state index is 5.47. The van der Waals surface area contributed by atoms with Gasteiger partial charge in [-0.3, -0.25) is 0 Å². The number of aryl methyl sites for hydroxylation is 1. The van der Waals surface area contributed by atoms with Crippen molar-refractivity contribution in [3.8, 4) is 0 Å². The molecule has 3 aromatic rings. The molecule has 1 aliphatic carbocycles. The van der Waals surface area contributed by atoms with Gasteiger partial charge in [-0.1, -0.05) is 0 Å². The maximum absolute atomic E-state index is 5.47. The van der Waals surface area contributed by atoms with Crippen molar-refractivity contribution in [2.24, 2.45) is 5.92 Å². The van der Waals surface area contributed by atoms with E-state index in [4.69, 9.17) is 4.42 Å². The van der Waals surface area contributed by atoms with Crippen LogP contribution in [0.3, 0.4) is 0 Å². The fourth-order valence-electron chi connectivity index (χ4n) is 3.07. The molecule has 1 saturated carbocycles. The molecular weight excluding hydrogens is 282 g/mol. The molecular formula is C14H17N7O. The normalized spacial score (nSPS) is 21.5. The summed E-state index contributed by atoms with van der Waals surface area (Å²) in [5.41, 5.74) is 0.751. The lowest BCUT2D eigenvalue weighted by Gasteiger charge is -2.13. The SMILES string of the molecule is Cc1nnc(C[C@@H]2CC[C@H](Nc3ccc4nncn4n3)C2)o1. The van der Waals surface area contributed by atoms with E-state index < -0.39 is 0 Å². The van der Waals surface area contributed by atoms with Gasteiger partial charge in [-0.25, -0.2) is 0 Å². The number of nitrogens with one attached hydrogen (secondary N) is 1. The second kappa shape index (κ2) is 5.36. The van der Waals surface area contributed by atoms with Gasteiger partial charge in [-0.15, -0.1) is 25.5 Å². The lowest BCUT2D eigenvalue weighted by molar-refractivity contribution is 0.416. The Hall–Kier alpha value is -2.51. The predicted molar refractivity (Wildman–Crippen MR) is 78.3 cm³/mol. The molecule has 0 aromatic carbocycles. The van der Waals surface area contributed by atoms with Crippen LogP contribution < -0.4 is 5.32 Å². The summed E-state index contributed by atoms with van der Waals surface area (Å²) >= 11 is 0. The van der Waals surface area contributed by atoms with Crippen LogP contribution >= 0.6 is 0 Å². The van der Waals surface area contributed by atoms with Gasteiger partial charge >= 0.3 is 0 Å². The Morgan fingerprint density at radius 3 is 3.09 bits per heavy atom. The van der Waals surface area contributed by atoms with Crippen LogP contribution in [0.1, 0.15) is 31.0 Å². The summed E-state index contributed by atoms with van der Waals surface area (Å²) in [6.07, 6.45) is 5.84. The number of hydrogen-bond donors (Lipinski definition) is 1. The molecule has 22 heavy (non-hydrogen) atoms. The summed E-state index contributed by atoms with van der Waals surface area (Å²) in [7, 11) is 0. The highest BCUT2D eigenvalue weighted by Crippen LogP contribution is 2.30. The molecule has 0 spiro atoms. The molecule has 0 unspecified atom stereocenters. The van der Waals surface area contributed by atoms with Crippen molar-refractivity contribution >= 4 is 11.5 Å². The van der Waals surface area contributed by atoms with Crippen LogP contribution in [0, 0.1) is 12.8 Å². The first-order valence-electron chi connectivity index (χ1n) is 7.49. The fourth-order valence-corrected chi connectivity index (χ4v) is 3.07. The lowest BCUT2D eigenvalue weighted by atomic mass is 10.0. The van der Waals surface area contributed by atoms with Crippen LogP contribution in [0.25, 0.3) is 5.65 Å². The Labute approximate surface area is 127 Å². The molecule has 1 N–H and O–H groups in total. The van der Waals surface area contributed by atoms with E-state index in [1.807, 2.05) is 19.1 Å². The molecule has 0 bridgehead atoms. The summed E-state index contributed by atoms with van der Waals surface area (Å²) in [5, 5.41) is 23.7. The molecule has 1 fully saturated rings. The Morgan fingerprint density at radius 1 is 1.27 bits per heavy atom. The number of hydrogen-bond acceptors (Lipinski definition) is 7. The second-order valence-corrected chi connectivity index (χ2v) is 5.79. The highest BCUT2D eigenvalue weighted by Gasteiger charge is 2.26. The van der Waals surface area contributed by atoms with Gasteiger partial charge in [0.25, 0.3) is 0 Å². The van der Waals surface area contributed by atoms with Gasteiger partial charge in [0.05, 0.1) is 0 Å². The number of nitrogens with zero attached hydrogens (tertiary/aromatic N) is 6. The van der Waals surface area contributed by atoms with Gasteiger partial charge in [0, 0.05) is 19.4 Å². The second-order valence-electron chi connectivity index (χ2n) is 5.79. The largest absolute Gasteiger partial charge is 0.426 e. The minimum absolute atomic E-state index is 0.426. The first-order valence-corrected chi connectivity index (χ1v) is 7.49.